The molecule has 5 heteroatoms. The van der Waals surface area contributed by atoms with Crippen molar-refractivity contribution in [1.29, 1.82) is 0 Å². The van der Waals surface area contributed by atoms with Crippen molar-refractivity contribution in [2.45, 2.75) is 39.5 Å². The maximum atomic E-state index is 12.1. The summed E-state index contributed by atoms with van der Waals surface area (Å²) in [5.74, 6) is 2.30. The number of carbonyl (C=O) groups excluding carboxylic acids is 2. The van der Waals surface area contributed by atoms with Crippen LogP contribution in [0.15, 0.2) is 24.3 Å². The minimum atomic E-state index is 0.0330. The van der Waals surface area contributed by atoms with Crippen LogP contribution in [0.4, 0.5) is 0 Å². The standard InChI is InChI=1S/C21H32N2O3/c1-16-13-17(2)15-23(14-16)12-11-22-21(25)6-4-5-20(24)18-7-9-19(26-3)10-8-18/h7-10,16-17H,4-6,11-15H2,1-3H3,(H,22,25). The Balaban J connectivity index is 1.60. The van der Waals surface area contributed by atoms with E-state index in [9.17, 15) is 9.59 Å². The highest BCUT2D eigenvalue weighted by Gasteiger charge is 2.21. The van der Waals surface area contributed by atoms with Crippen LogP contribution < -0.4 is 10.1 Å². The van der Waals surface area contributed by atoms with Gasteiger partial charge in [0.05, 0.1) is 7.11 Å². The molecule has 5 nitrogen and oxygen atoms in total. The van der Waals surface area contributed by atoms with Gasteiger partial charge in [-0.25, -0.2) is 0 Å². The van der Waals surface area contributed by atoms with Crippen molar-refractivity contribution in [2.24, 2.45) is 11.8 Å². The van der Waals surface area contributed by atoms with Crippen molar-refractivity contribution in [3.63, 3.8) is 0 Å². The van der Waals surface area contributed by atoms with Crippen LogP contribution in [0.3, 0.4) is 0 Å². The summed E-state index contributed by atoms with van der Waals surface area (Å²) in [5, 5.41) is 2.98. The van der Waals surface area contributed by atoms with E-state index in [-0.39, 0.29) is 11.7 Å². The number of likely N-dealkylation sites (tertiary alicyclic amines) is 1. The molecule has 1 aliphatic heterocycles. The van der Waals surface area contributed by atoms with Crippen LogP contribution in [0, 0.1) is 11.8 Å². The summed E-state index contributed by atoms with van der Waals surface area (Å²) in [6.07, 6.45) is 2.66. The van der Waals surface area contributed by atoms with Crippen molar-refractivity contribution in [1.82, 2.24) is 10.2 Å². The van der Waals surface area contributed by atoms with Gasteiger partial charge in [-0.1, -0.05) is 13.8 Å². The van der Waals surface area contributed by atoms with E-state index >= 15 is 0 Å². The molecule has 1 amide bonds. The lowest BCUT2D eigenvalue weighted by atomic mass is 9.92. The van der Waals surface area contributed by atoms with Gasteiger partial charge in [0.2, 0.25) is 5.91 Å². The average molecular weight is 360 g/mol. The molecule has 2 rings (SSSR count). The minimum Gasteiger partial charge on any atom is -0.497 e. The molecular weight excluding hydrogens is 328 g/mol. The second kappa shape index (κ2) is 10.3. The number of rotatable bonds is 9. The molecule has 0 saturated carbocycles. The zero-order valence-electron chi connectivity index (χ0n) is 16.3. The molecule has 1 aromatic carbocycles. The van der Waals surface area contributed by atoms with E-state index in [0.29, 0.717) is 31.4 Å². The predicted octanol–water partition coefficient (Wildman–Crippen LogP) is 3.14. The molecule has 0 bridgehead atoms. The van der Waals surface area contributed by atoms with Gasteiger partial charge >= 0.3 is 0 Å². The van der Waals surface area contributed by atoms with Crippen molar-refractivity contribution in [3.05, 3.63) is 29.8 Å². The van der Waals surface area contributed by atoms with Crippen molar-refractivity contribution in [2.75, 3.05) is 33.3 Å². The van der Waals surface area contributed by atoms with E-state index in [0.717, 1.165) is 37.2 Å². The molecule has 1 aliphatic rings. The van der Waals surface area contributed by atoms with Crippen LogP contribution in [0.5, 0.6) is 5.75 Å². The molecule has 0 aliphatic carbocycles. The maximum absolute atomic E-state index is 12.1. The Morgan fingerprint density at radius 3 is 2.38 bits per heavy atom. The third-order valence-corrected chi connectivity index (χ3v) is 4.91. The molecule has 144 valence electrons. The first-order valence-electron chi connectivity index (χ1n) is 9.64. The first-order chi connectivity index (χ1) is 12.5. The highest BCUT2D eigenvalue weighted by atomic mass is 16.5. The molecule has 1 N–H and O–H groups in total. The van der Waals surface area contributed by atoms with E-state index in [1.165, 1.54) is 6.42 Å². The second-order valence-corrected chi connectivity index (χ2v) is 7.56. The van der Waals surface area contributed by atoms with Crippen LogP contribution in [-0.2, 0) is 4.79 Å². The van der Waals surface area contributed by atoms with Crippen LogP contribution >= 0.6 is 0 Å². The predicted molar refractivity (Wildman–Crippen MR) is 104 cm³/mol. The molecule has 0 radical (unpaired) electrons. The number of methoxy groups -OCH3 is 1. The summed E-state index contributed by atoms with van der Waals surface area (Å²) in [6, 6.07) is 7.09. The number of hydrogen-bond acceptors (Lipinski definition) is 4. The number of ketones is 1. The number of Topliss-reactive ketones (excluding diaryl/α,β-unsaturated/α-hetero) is 1. The van der Waals surface area contributed by atoms with Gasteiger partial charge in [0.1, 0.15) is 5.75 Å². The Hall–Kier alpha value is -1.88. The first kappa shape index (κ1) is 20.4. The van der Waals surface area contributed by atoms with E-state index in [4.69, 9.17) is 4.74 Å². The average Bonchev–Trinajstić information content (AvgIpc) is 2.61. The lowest BCUT2D eigenvalue weighted by Crippen LogP contribution is -2.42. The highest BCUT2D eigenvalue weighted by molar-refractivity contribution is 5.96. The zero-order chi connectivity index (χ0) is 18.9. The number of piperidine rings is 1. The second-order valence-electron chi connectivity index (χ2n) is 7.56. The van der Waals surface area contributed by atoms with Gasteiger partial charge in [0.15, 0.2) is 5.78 Å². The normalized spacial score (nSPS) is 20.6. The van der Waals surface area contributed by atoms with Crippen LogP contribution in [0.2, 0.25) is 0 Å². The minimum absolute atomic E-state index is 0.0330. The van der Waals surface area contributed by atoms with Gasteiger partial charge in [-0.3, -0.25) is 9.59 Å². The van der Waals surface area contributed by atoms with Gasteiger partial charge in [-0.2, -0.15) is 0 Å². The molecule has 1 heterocycles. The Morgan fingerprint density at radius 1 is 1.12 bits per heavy atom. The SMILES string of the molecule is COc1ccc(C(=O)CCCC(=O)NCCN2CC(C)CC(C)C2)cc1. The Bertz CT molecular complexity index is 575. The topological polar surface area (TPSA) is 58.6 Å². The quantitative estimate of drug-likeness (QED) is 0.687. The van der Waals surface area contributed by atoms with Crippen molar-refractivity contribution in [3.8, 4) is 5.75 Å². The summed E-state index contributed by atoms with van der Waals surface area (Å²) in [7, 11) is 1.60. The van der Waals surface area contributed by atoms with Gasteiger partial charge in [-0.05, 0) is 48.9 Å². The summed E-state index contributed by atoms with van der Waals surface area (Å²) >= 11 is 0. The van der Waals surface area contributed by atoms with Gasteiger partial charge in [0.25, 0.3) is 0 Å². The van der Waals surface area contributed by atoms with E-state index in [1.807, 2.05) is 0 Å². The first-order valence-corrected chi connectivity index (χ1v) is 9.64. The summed E-state index contributed by atoms with van der Waals surface area (Å²) in [5.41, 5.74) is 0.666. The number of benzene rings is 1. The Morgan fingerprint density at radius 2 is 1.77 bits per heavy atom. The Kier molecular flexibility index (Phi) is 8.10. The van der Waals surface area contributed by atoms with Gasteiger partial charge < -0.3 is 15.0 Å². The van der Waals surface area contributed by atoms with Crippen LogP contribution in [0.25, 0.3) is 0 Å². The third-order valence-electron chi connectivity index (χ3n) is 4.91. The molecule has 1 aromatic rings. The summed E-state index contributed by atoms with van der Waals surface area (Å²) in [6.45, 7) is 8.42. The number of nitrogens with one attached hydrogen (secondary N) is 1. The van der Waals surface area contributed by atoms with E-state index in [1.54, 1.807) is 31.4 Å². The molecule has 0 spiro atoms. The molecule has 1 saturated heterocycles. The number of ether oxygens (including phenoxy) is 1. The summed E-state index contributed by atoms with van der Waals surface area (Å²) < 4.78 is 5.09. The van der Waals surface area contributed by atoms with E-state index < -0.39 is 0 Å². The fraction of sp³-hybridized carbons (Fsp3) is 0.619. The number of hydrogen-bond donors (Lipinski definition) is 1. The number of carbonyl (C=O) groups is 2. The molecule has 0 aromatic heterocycles. The smallest absolute Gasteiger partial charge is 0.220 e. The molecule has 2 atom stereocenters. The highest BCUT2D eigenvalue weighted by Crippen LogP contribution is 2.20. The maximum Gasteiger partial charge on any atom is 0.220 e. The summed E-state index contributed by atoms with van der Waals surface area (Å²) in [4.78, 5) is 26.5. The molecule has 1 fully saturated rings. The van der Waals surface area contributed by atoms with Crippen molar-refractivity contribution >= 4 is 11.7 Å². The lowest BCUT2D eigenvalue weighted by molar-refractivity contribution is -0.121. The van der Waals surface area contributed by atoms with Crippen LogP contribution in [-0.4, -0.2) is 49.9 Å². The number of amides is 1. The van der Waals surface area contributed by atoms with Gasteiger partial charge in [0, 0.05) is 44.6 Å². The third kappa shape index (κ3) is 6.79. The van der Waals surface area contributed by atoms with Crippen molar-refractivity contribution < 1.29 is 14.3 Å². The monoisotopic (exact) mass is 360 g/mol. The fourth-order valence-corrected chi connectivity index (χ4v) is 3.75. The fourth-order valence-electron chi connectivity index (χ4n) is 3.75. The van der Waals surface area contributed by atoms with Gasteiger partial charge in [-0.15, -0.1) is 0 Å². The zero-order valence-corrected chi connectivity index (χ0v) is 16.3. The largest absolute Gasteiger partial charge is 0.497 e. The van der Waals surface area contributed by atoms with E-state index in [2.05, 4.69) is 24.1 Å². The lowest BCUT2D eigenvalue weighted by Gasteiger charge is -2.34. The molecule has 2 unspecified atom stereocenters. The number of nitrogens with zero attached hydrogens (tertiary/aromatic N) is 1. The van der Waals surface area contributed by atoms with Crippen LogP contribution in [0.1, 0.15) is 49.9 Å². The molecule has 26 heavy (non-hydrogen) atoms. The Labute approximate surface area is 157 Å². The molecular formula is C21H32N2O3.